The van der Waals surface area contributed by atoms with Crippen LogP contribution < -0.4 is 10.2 Å². The molecule has 0 atom stereocenters. The molecule has 0 aliphatic carbocycles. The number of hydrogen-bond acceptors (Lipinski definition) is 8. The third kappa shape index (κ3) is 4.99. The van der Waals surface area contributed by atoms with E-state index in [2.05, 4.69) is 20.2 Å². The fraction of sp³-hybridized carbons (Fsp3) is 0.261. The molecule has 0 unspecified atom stereocenters. The topological polar surface area (TPSA) is 108 Å². The quantitative estimate of drug-likeness (QED) is 0.570. The lowest BCUT2D eigenvalue weighted by Gasteiger charge is -2.31. The minimum Gasteiger partial charge on any atom is -0.469 e. The number of thiazole rings is 1. The Morgan fingerprint density at radius 2 is 2.06 bits per heavy atom. The van der Waals surface area contributed by atoms with E-state index in [-0.39, 0.29) is 21.9 Å². The molecule has 0 bridgehead atoms. The third-order valence-corrected chi connectivity index (χ3v) is 6.29. The first kappa shape index (κ1) is 22.4. The summed E-state index contributed by atoms with van der Waals surface area (Å²) in [6.07, 6.45) is 2.86. The predicted molar refractivity (Wildman–Crippen MR) is 121 cm³/mol. The lowest BCUT2D eigenvalue weighted by Crippen LogP contribution is -2.37. The lowest BCUT2D eigenvalue weighted by molar-refractivity contribution is -0.146. The highest BCUT2D eigenvalue weighted by atomic mass is 32.1. The van der Waals surface area contributed by atoms with Gasteiger partial charge in [-0.05, 0) is 37.1 Å². The number of halogens is 1. The number of esters is 1. The average Bonchev–Trinajstić information content (AvgIpc) is 3.26. The van der Waals surface area contributed by atoms with Crippen LogP contribution in [0.4, 0.5) is 15.3 Å². The molecule has 1 amide bonds. The zero-order valence-electron chi connectivity index (χ0n) is 17.7. The number of anilines is 2. The summed E-state index contributed by atoms with van der Waals surface area (Å²) in [5.74, 6) is -0.399. The lowest BCUT2D eigenvalue weighted by atomic mass is 9.97. The van der Waals surface area contributed by atoms with Crippen molar-refractivity contribution < 1.29 is 18.7 Å². The van der Waals surface area contributed by atoms with Crippen molar-refractivity contribution in [1.82, 2.24) is 9.97 Å². The highest BCUT2D eigenvalue weighted by Crippen LogP contribution is 2.31. The number of nitrogens with one attached hydrogen (secondary N) is 1. The fourth-order valence-corrected chi connectivity index (χ4v) is 4.45. The van der Waals surface area contributed by atoms with Crippen LogP contribution in [0, 0.1) is 23.1 Å². The zero-order valence-corrected chi connectivity index (χ0v) is 18.6. The average molecular weight is 466 g/mol. The van der Waals surface area contributed by atoms with Gasteiger partial charge in [0.1, 0.15) is 28.3 Å². The number of nitriles is 1. The number of carbonyl (C=O) groups excluding carboxylic acids is 2. The monoisotopic (exact) mass is 465 g/mol. The Morgan fingerprint density at radius 3 is 2.70 bits per heavy atom. The van der Waals surface area contributed by atoms with Crippen LogP contribution in [0.2, 0.25) is 0 Å². The molecule has 168 valence electrons. The van der Waals surface area contributed by atoms with Crippen molar-refractivity contribution in [3.63, 3.8) is 0 Å². The van der Waals surface area contributed by atoms with Crippen molar-refractivity contribution >= 4 is 34.2 Å². The first-order chi connectivity index (χ1) is 16.0. The highest BCUT2D eigenvalue weighted by Gasteiger charge is 2.26. The minimum absolute atomic E-state index is 0.0924. The molecule has 1 saturated heterocycles. The van der Waals surface area contributed by atoms with E-state index in [0.717, 1.165) is 17.2 Å². The summed E-state index contributed by atoms with van der Waals surface area (Å²) in [5.41, 5.74) is 1.12. The summed E-state index contributed by atoms with van der Waals surface area (Å²) in [4.78, 5) is 35.4. The third-order valence-electron chi connectivity index (χ3n) is 5.41. The second-order valence-corrected chi connectivity index (χ2v) is 8.46. The first-order valence-electron chi connectivity index (χ1n) is 10.3. The molecule has 1 aromatic carbocycles. The zero-order chi connectivity index (χ0) is 23.4. The van der Waals surface area contributed by atoms with E-state index < -0.39 is 11.7 Å². The van der Waals surface area contributed by atoms with Crippen LogP contribution in [0.5, 0.6) is 0 Å². The Labute approximate surface area is 193 Å². The fourth-order valence-electron chi connectivity index (χ4n) is 3.67. The van der Waals surface area contributed by atoms with Crippen molar-refractivity contribution in [2.45, 2.75) is 12.8 Å². The molecule has 3 aromatic rings. The van der Waals surface area contributed by atoms with Gasteiger partial charge in [0.15, 0.2) is 5.13 Å². The molecule has 0 saturated carbocycles. The Morgan fingerprint density at radius 1 is 1.27 bits per heavy atom. The Kier molecular flexibility index (Phi) is 6.60. The maximum atomic E-state index is 13.6. The van der Waals surface area contributed by atoms with Gasteiger partial charge < -0.3 is 9.64 Å². The summed E-state index contributed by atoms with van der Waals surface area (Å²) < 4.78 is 18.4. The van der Waals surface area contributed by atoms with Crippen LogP contribution in [0.25, 0.3) is 11.3 Å². The van der Waals surface area contributed by atoms with Gasteiger partial charge in [-0.25, -0.2) is 14.4 Å². The number of piperidine rings is 1. The van der Waals surface area contributed by atoms with Crippen LogP contribution in [-0.2, 0) is 9.53 Å². The number of benzene rings is 1. The minimum atomic E-state index is -0.435. The number of nitrogens with zero attached hydrogens (tertiary/aromatic N) is 4. The van der Waals surface area contributed by atoms with E-state index in [9.17, 15) is 19.2 Å². The SMILES string of the molecule is COC(=O)C1CCN(c2ccc(C(=O)Nc3nc(-c4cccc(F)c4)c(C#N)s3)cn2)CC1. The molecular formula is C23H20FN5O3S. The second-order valence-electron chi connectivity index (χ2n) is 7.46. The molecular weight excluding hydrogens is 445 g/mol. The standard InChI is InChI=1S/C23H20FN5O3S/c1-32-22(31)14-7-9-29(10-8-14)19-6-5-16(13-26-19)21(30)28-23-27-20(18(12-25)33-23)15-3-2-4-17(24)11-15/h2-6,11,13-14H,7-10H2,1H3,(H,27,28,30). The largest absolute Gasteiger partial charge is 0.469 e. The summed E-state index contributed by atoms with van der Waals surface area (Å²) in [6, 6.07) is 11.2. The Hall–Kier alpha value is -3.84. The molecule has 0 radical (unpaired) electrons. The van der Waals surface area contributed by atoms with Gasteiger partial charge in [-0.15, -0.1) is 0 Å². The Balaban J connectivity index is 1.42. The van der Waals surface area contributed by atoms with E-state index in [0.29, 0.717) is 42.8 Å². The molecule has 1 fully saturated rings. The van der Waals surface area contributed by atoms with Crippen LogP contribution in [0.15, 0.2) is 42.6 Å². The van der Waals surface area contributed by atoms with Crippen molar-refractivity contribution in [2.24, 2.45) is 5.92 Å². The molecule has 10 heteroatoms. The predicted octanol–water partition coefficient (Wildman–Crippen LogP) is 3.86. The van der Waals surface area contributed by atoms with E-state index in [1.165, 1.54) is 31.5 Å². The first-order valence-corrected chi connectivity index (χ1v) is 11.1. The van der Waals surface area contributed by atoms with Crippen LogP contribution in [0.1, 0.15) is 28.1 Å². The molecule has 1 aliphatic heterocycles. The summed E-state index contributed by atoms with van der Waals surface area (Å²) in [7, 11) is 1.40. The number of ether oxygens (including phenoxy) is 1. The van der Waals surface area contributed by atoms with Gasteiger partial charge in [0.05, 0.1) is 18.6 Å². The van der Waals surface area contributed by atoms with Gasteiger partial charge in [-0.1, -0.05) is 23.5 Å². The maximum Gasteiger partial charge on any atom is 0.308 e. The number of hydrogen-bond donors (Lipinski definition) is 1. The number of amides is 1. The maximum absolute atomic E-state index is 13.6. The number of methoxy groups -OCH3 is 1. The van der Waals surface area contributed by atoms with E-state index in [1.807, 2.05) is 6.07 Å². The van der Waals surface area contributed by atoms with Gasteiger partial charge in [-0.2, -0.15) is 5.26 Å². The van der Waals surface area contributed by atoms with Crippen LogP contribution in [0.3, 0.4) is 0 Å². The summed E-state index contributed by atoms with van der Waals surface area (Å²) >= 11 is 1.02. The number of pyridine rings is 1. The number of rotatable bonds is 5. The molecule has 33 heavy (non-hydrogen) atoms. The molecule has 0 spiro atoms. The van der Waals surface area contributed by atoms with Crippen molar-refractivity contribution in [3.05, 3.63) is 58.9 Å². The Bertz CT molecular complexity index is 1210. The molecule has 1 N–H and O–H groups in total. The van der Waals surface area contributed by atoms with Crippen LogP contribution in [-0.4, -0.2) is 42.0 Å². The van der Waals surface area contributed by atoms with Gasteiger partial charge in [0.2, 0.25) is 0 Å². The van der Waals surface area contributed by atoms with Crippen molar-refractivity contribution in [1.29, 1.82) is 5.26 Å². The van der Waals surface area contributed by atoms with Gasteiger partial charge >= 0.3 is 5.97 Å². The van der Waals surface area contributed by atoms with E-state index in [4.69, 9.17) is 4.74 Å². The highest BCUT2D eigenvalue weighted by molar-refractivity contribution is 7.16. The van der Waals surface area contributed by atoms with Crippen molar-refractivity contribution in [3.8, 4) is 17.3 Å². The second kappa shape index (κ2) is 9.75. The van der Waals surface area contributed by atoms with Gasteiger partial charge in [0, 0.05) is 24.8 Å². The smallest absolute Gasteiger partial charge is 0.308 e. The van der Waals surface area contributed by atoms with Gasteiger partial charge in [0.25, 0.3) is 5.91 Å². The molecule has 4 rings (SSSR count). The summed E-state index contributed by atoms with van der Waals surface area (Å²) in [6.45, 7) is 1.36. The molecule has 8 nitrogen and oxygen atoms in total. The van der Waals surface area contributed by atoms with Crippen LogP contribution >= 0.6 is 11.3 Å². The van der Waals surface area contributed by atoms with Gasteiger partial charge in [-0.3, -0.25) is 14.9 Å². The number of aromatic nitrogens is 2. The normalized spacial score (nSPS) is 13.9. The van der Waals surface area contributed by atoms with Crippen molar-refractivity contribution in [2.75, 3.05) is 30.4 Å². The molecule has 3 heterocycles. The molecule has 2 aromatic heterocycles. The van der Waals surface area contributed by atoms with E-state index in [1.54, 1.807) is 18.2 Å². The molecule has 1 aliphatic rings. The number of carbonyl (C=O) groups is 2. The summed E-state index contributed by atoms with van der Waals surface area (Å²) in [5, 5.41) is 12.3. The van der Waals surface area contributed by atoms with E-state index >= 15 is 0 Å².